The van der Waals surface area contributed by atoms with Crippen LogP contribution in [0, 0.1) is 23.7 Å². The van der Waals surface area contributed by atoms with Crippen molar-refractivity contribution in [1.82, 2.24) is 4.90 Å². The van der Waals surface area contributed by atoms with Gasteiger partial charge in [-0.1, -0.05) is 81.0 Å². The minimum absolute atomic E-state index is 0.0243. The number of ether oxygens (including phenoxy) is 8. The highest BCUT2D eigenvalue weighted by molar-refractivity contribution is 5.91. The van der Waals surface area contributed by atoms with Crippen LogP contribution in [0.25, 0.3) is 6.08 Å². The van der Waals surface area contributed by atoms with E-state index >= 15 is 0 Å². The first-order valence-electron chi connectivity index (χ1n) is 22.4. The van der Waals surface area contributed by atoms with Gasteiger partial charge in [-0.2, -0.15) is 0 Å². The summed E-state index contributed by atoms with van der Waals surface area (Å²) in [5.41, 5.74) is 1.77. The zero-order valence-electron chi connectivity index (χ0n) is 38.9. The Hall–Kier alpha value is -2.90. The van der Waals surface area contributed by atoms with Crippen LogP contribution in [0.1, 0.15) is 72.8 Å². The molecule has 15 heteroatoms. The highest BCUT2D eigenvalue weighted by Crippen LogP contribution is 2.35. The molecule has 2 fully saturated rings. The Labute approximate surface area is 374 Å². The van der Waals surface area contributed by atoms with Gasteiger partial charge in [0.05, 0.1) is 56.2 Å². The minimum Gasteiger partial charge on any atom is -0.462 e. The number of rotatable bonds is 15. The second kappa shape index (κ2) is 25.7. The number of carbonyl (C=O) groups excluding carboxylic acids is 2. The summed E-state index contributed by atoms with van der Waals surface area (Å²) in [6.45, 7) is 11.4. The minimum atomic E-state index is -1.27. The zero-order chi connectivity index (χ0) is 46.4. The van der Waals surface area contributed by atoms with Crippen LogP contribution in [0.15, 0.2) is 60.2 Å². The lowest BCUT2D eigenvalue weighted by atomic mass is 9.79. The highest BCUT2D eigenvalue weighted by atomic mass is 16.7. The second-order valence-electron chi connectivity index (χ2n) is 17.6. The van der Waals surface area contributed by atoms with Crippen LogP contribution in [0.5, 0.6) is 0 Å². The Kier molecular flexibility index (Phi) is 21.5. The van der Waals surface area contributed by atoms with Crippen LogP contribution in [0.2, 0.25) is 0 Å². The van der Waals surface area contributed by atoms with Crippen LogP contribution in [-0.4, -0.2) is 165 Å². The maximum Gasteiger partial charge on any atom is 0.308 e. The molecule has 0 aliphatic carbocycles. The molecule has 1 aromatic carbocycles. The Morgan fingerprint density at radius 2 is 1.52 bits per heavy atom. The van der Waals surface area contributed by atoms with Crippen molar-refractivity contribution in [1.29, 1.82) is 0 Å². The van der Waals surface area contributed by atoms with Crippen molar-refractivity contribution in [2.45, 2.75) is 147 Å². The number of benzene rings is 1. The van der Waals surface area contributed by atoms with Crippen LogP contribution in [0.3, 0.4) is 0 Å². The third-order valence-corrected chi connectivity index (χ3v) is 12.7. The van der Waals surface area contributed by atoms with Gasteiger partial charge in [0.25, 0.3) is 0 Å². The van der Waals surface area contributed by atoms with Crippen molar-refractivity contribution in [3.05, 3.63) is 65.8 Å². The van der Waals surface area contributed by atoms with Crippen molar-refractivity contribution in [3.8, 4) is 0 Å². The van der Waals surface area contributed by atoms with Crippen LogP contribution in [0.4, 0.5) is 0 Å². The number of aliphatic hydroxyl groups excluding tert-OH is 4. The standard InChI is InChI=1S/C48H75NO14/c1-11-38-35(27-59-48-46(57-10)45(56-9)42(54)32(6)61-48)24-28(2)19-20-36(50)29(3)25-34(21-23-58-22-15-18-33-16-13-12-14-17-33)44(30(4)37(51)26-39(52)62-38)63-47-43(55)40(49(7)8)41(53)31(5)60-47/h12-20,24,29-32,34-35,37-38,40-48,51,53-55H,11,21-23,25-27H2,1-10H3/b18-15+,20-19+,28-24+/t29-,30+,31-,32-,34+,35-,37-,38-,40+,41-,42-,43-,44-,45-,46-,47?,48-/m1/s1. The largest absolute Gasteiger partial charge is 0.462 e. The summed E-state index contributed by atoms with van der Waals surface area (Å²) in [6.07, 6.45) is -1.09. The number of nitrogens with zero attached hydrogens (tertiary/aromatic N) is 1. The average molecular weight is 890 g/mol. The lowest BCUT2D eigenvalue weighted by Crippen LogP contribution is -2.63. The molecule has 17 atom stereocenters. The smallest absolute Gasteiger partial charge is 0.308 e. The summed E-state index contributed by atoms with van der Waals surface area (Å²) in [5.74, 6) is -2.92. The van der Waals surface area contributed by atoms with E-state index in [-0.39, 0.29) is 18.8 Å². The molecule has 3 aliphatic rings. The van der Waals surface area contributed by atoms with E-state index < -0.39 is 109 Å². The first-order chi connectivity index (χ1) is 30.0. The van der Waals surface area contributed by atoms with Crippen molar-refractivity contribution in [3.63, 3.8) is 0 Å². The topological polar surface area (TPSA) is 192 Å². The molecule has 2 saturated heterocycles. The number of ketones is 1. The number of hydrogen-bond acceptors (Lipinski definition) is 15. The molecule has 0 saturated carbocycles. The van der Waals surface area contributed by atoms with Crippen molar-refractivity contribution in [2.75, 3.05) is 48.1 Å². The molecule has 0 aromatic heterocycles. The van der Waals surface area contributed by atoms with Gasteiger partial charge in [0.15, 0.2) is 18.4 Å². The number of likely N-dealkylation sites (N-methyl/N-ethyl adjacent to an activating group) is 1. The number of allylic oxidation sites excluding steroid dienone is 3. The molecule has 0 amide bonds. The van der Waals surface area contributed by atoms with E-state index in [1.807, 2.05) is 69.3 Å². The quantitative estimate of drug-likeness (QED) is 0.145. The Morgan fingerprint density at radius 1 is 0.857 bits per heavy atom. The molecule has 3 aliphatic heterocycles. The number of cyclic esters (lactones) is 1. The van der Waals surface area contributed by atoms with Crippen LogP contribution in [-0.2, 0) is 47.5 Å². The van der Waals surface area contributed by atoms with Gasteiger partial charge in [-0.15, -0.1) is 0 Å². The third kappa shape index (κ3) is 14.8. The summed E-state index contributed by atoms with van der Waals surface area (Å²) < 4.78 is 48.5. The maximum atomic E-state index is 13.9. The Balaban J connectivity index is 1.65. The first kappa shape index (κ1) is 52.7. The van der Waals surface area contributed by atoms with Gasteiger partial charge in [0, 0.05) is 38.6 Å². The van der Waals surface area contributed by atoms with E-state index in [0.717, 1.165) is 11.1 Å². The fraction of sp³-hybridized carbons (Fsp3) is 0.708. The van der Waals surface area contributed by atoms with Gasteiger partial charge in [-0.25, -0.2) is 0 Å². The van der Waals surface area contributed by atoms with E-state index in [9.17, 15) is 30.0 Å². The SMILES string of the molecule is CC[C@H]1OC(=O)C[C@@H](O)[C@H](C)[C@@H](OC2O[C@H](C)[C@@H](O)[C@H](N(C)C)[C@H]2O)[C@@H](CCOC/C=C/c2ccccc2)C[C@@H](C)C(=O)/C=C/C(C)=C/[C@@H]1CO[C@@H]1O[C@H](C)[C@@H](O)[C@@H](OC)[C@H]1OC. The normalized spacial score (nSPS) is 39.2. The van der Waals surface area contributed by atoms with Gasteiger partial charge < -0.3 is 63.2 Å². The molecule has 3 heterocycles. The lowest BCUT2D eigenvalue weighted by Gasteiger charge is -2.46. The zero-order valence-corrected chi connectivity index (χ0v) is 38.9. The van der Waals surface area contributed by atoms with Gasteiger partial charge >= 0.3 is 5.97 Å². The molecule has 1 aromatic rings. The number of carbonyl (C=O) groups is 2. The maximum absolute atomic E-state index is 13.9. The summed E-state index contributed by atoms with van der Waals surface area (Å²) in [6, 6.07) is 9.15. The Bertz CT molecular complexity index is 1620. The van der Waals surface area contributed by atoms with E-state index in [2.05, 4.69) is 0 Å². The fourth-order valence-corrected chi connectivity index (χ4v) is 8.82. The Morgan fingerprint density at radius 3 is 2.17 bits per heavy atom. The predicted molar refractivity (Wildman–Crippen MR) is 236 cm³/mol. The van der Waals surface area contributed by atoms with Crippen LogP contribution < -0.4 is 0 Å². The molecule has 4 rings (SSSR count). The summed E-state index contributed by atoms with van der Waals surface area (Å²) in [4.78, 5) is 29.5. The van der Waals surface area contributed by atoms with Crippen molar-refractivity contribution >= 4 is 17.8 Å². The van der Waals surface area contributed by atoms with Gasteiger partial charge in [0.1, 0.15) is 30.5 Å². The van der Waals surface area contributed by atoms with E-state index in [0.29, 0.717) is 32.5 Å². The molecule has 15 nitrogen and oxygen atoms in total. The summed E-state index contributed by atoms with van der Waals surface area (Å²) in [5, 5.41) is 45.1. The van der Waals surface area contributed by atoms with Crippen LogP contribution >= 0.6 is 0 Å². The lowest BCUT2D eigenvalue weighted by molar-refractivity contribution is -0.304. The van der Waals surface area contributed by atoms with Gasteiger partial charge in [-0.3, -0.25) is 9.59 Å². The molecular formula is C48H75NO14. The average Bonchev–Trinajstić information content (AvgIpc) is 3.25. The van der Waals surface area contributed by atoms with Crippen molar-refractivity contribution in [2.24, 2.45) is 23.7 Å². The highest BCUT2D eigenvalue weighted by Gasteiger charge is 2.48. The summed E-state index contributed by atoms with van der Waals surface area (Å²) >= 11 is 0. The molecule has 1 unspecified atom stereocenters. The molecule has 356 valence electrons. The number of aliphatic hydroxyl groups is 4. The van der Waals surface area contributed by atoms with E-state index in [1.165, 1.54) is 14.2 Å². The van der Waals surface area contributed by atoms with Crippen molar-refractivity contribution < 1.29 is 67.9 Å². The first-order valence-corrected chi connectivity index (χ1v) is 22.4. The molecule has 0 spiro atoms. The second-order valence-corrected chi connectivity index (χ2v) is 17.6. The molecule has 0 bridgehead atoms. The monoisotopic (exact) mass is 890 g/mol. The van der Waals surface area contributed by atoms with Gasteiger partial charge in [0.2, 0.25) is 0 Å². The fourth-order valence-electron chi connectivity index (χ4n) is 8.82. The molecule has 4 N–H and O–H groups in total. The van der Waals surface area contributed by atoms with E-state index in [4.69, 9.17) is 37.9 Å². The predicted octanol–water partition coefficient (Wildman–Crippen LogP) is 4.09. The van der Waals surface area contributed by atoms with E-state index in [1.54, 1.807) is 51.9 Å². The molecule has 0 radical (unpaired) electrons. The molecule has 63 heavy (non-hydrogen) atoms. The molecular weight excluding hydrogens is 815 g/mol. The third-order valence-electron chi connectivity index (χ3n) is 12.7. The number of esters is 1. The number of methoxy groups -OCH3 is 2. The summed E-state index contributed by atoms with van der Waals surface area (Å²) in [7, 11) is 6.47. The van der Waals surface area contributed by atoms with Gasteiger partial charge in [-0.05, 0) is 71.7 Å². The number of hydrogen-bond donors (Lipinski definition) is 4.